The van der Waals surface area contributed by atoms with E-state index in [0.717, 1.165) is 11.1 Å². The summed E-state index contributed by atoms with van der Waals surface area (Å²) in [6, 6.07) is 17.3. The molecule has 0 saturated heterocycles. The lowest BCUT2D eigenvalue weighted by Crippen LogP contribution is -2.33. The first-order valence-electron chi connectivity index (χ1n) is 11.2. The number of benzene rings is 2. The Kier molecular flexibility index (Phi) is 7.89. The molecular formula is C26H25ClN6O4. The molecule has 0 aliphatic heterocycles. The van der Waals surface area contributed by atoms with Crippen LogP contribution in [0.25, 0.3) is 0 Å². The van der Waals surface area contributed by atoms with Gasteiger partial charge in [0.2, 0.25) is 0 Å². The number of hydrogen-bond acceptors (Lipinski definition) is 8. The Balaban J connectivity index is 1.68. The molecule has 2 aromatic carbocycles. The van der Waals surface area contributed by atoms with E-state index in [9.17, 15) is 9.59 Å². The normalized spacial score (nSPS) is 10.6. The molecule has 4 N–H and O–H groups in total. The second kappa shape index (κ2) is 11.4. The summed E-state index contributed by atoms with van der Waals surface area (Å²) in [6.07, 6.45) is 1.27. The first-order valence-corrected chi connectivity index (χ1v) is 11.6. The number of methoxy groups -OCH3 is 2. The number of carbonyl (C=O) groups is 1. The predicted octanol–water partition coefficient (Wildman–Crippen LogP) is 3.61. The highest BCUT2D eigenvalue weighted by molar-refractivity contribution is 6.33. The standard InChI is InChI=1S/C26H25ClN6O4/c1-36-18-7-3-16(4-8-18)13-29-25(34)24-20(27)11-21(32-23-12-22(28)30-15-31-23)26(35)33(24)14-17-5-9-19(37-2)10-6-17/h3-12,15H,13-14H2,1-2H3,(H,29,34)(H3,28,30,31,32). The molecule has 0 aliphatic carbocycles. The third kappa shape index (κ3) is 6.17. The zero-order valence-electron chi connectivity index (χ0n) is 20.2. The molecule has 11 heteroatoms. The lowest BCUT2D eigenvalue weighted by Gasteiger charge is -2.17. The van der Waals surface area contributed by atoms with Crippen molar-refractivity contribution in [3.63, 3.8) is 0 Å². The Morgan fingerprint density at radius 3 is 2.19 bits per heavy atom. The van der Waals surface area contributed by atoms with Gasteiger partial charge in [-0.05, 0) is 41.5 Å². The van der Waals surface area contributed by atoms with Gasteiger partial charge in [0.25, 0.3) is 11.5 Å². The molecule has 2 heterocycles. The van der Waals surface area contributed by atoms with E-state index in [4.69, 9.17) is 26.8 Å². The lowest BCUT2D eigenvalue weighted by molar-refractivity contribution is 0.0941. The minimum Gasteiger partial charge on any atom is -0.497 e. The summed E-state index contributed by atoms with van der Waals surface area (Å²) >= 11 is 6.58. The minimum atomic E-state index is -0.496. The number of halogens is 1. The molecule has 190 valence electrons. The van der Waals surface area contributed by atoms with Gasteiger partial charge in [0, 0.05) is 12.6 Å². The lowest BCUT2D eigenvalue weighted by atomic mass is 10.2. The number of nitrogens with one attached hydrogen (secondary N) is 2. The van der Waals surface area contributed by atoms with Crippen LogP contribution >= 0.6 is 11.6 Å². The van der Waals surface area contributed by atoms with Gasteiger partial charge in [-0.2, -0.15) is 0 Å². The van der Waals surface area contributed by atoms with E-state index in [1.54, 1.807) is 38.5 Å². The minimum absolute atomic E-state index is 0.0312. The molecule has 0 unspecified atom stereocenters. The fourth-order valence-electron chi connectivity index (χ4n) is 3.61. The third-order valence-corrected chi connectivity index (χ3v) is 5.81. The number of ether oxygens (including phenoxy) is 2. The molecule has 0 spiro atoms. The van der Waals surface area contributed by atoms with Gasteiger partial charge < -0.3 is 25.8 Å². The molecule has 0 atom stereocenters. The van der Waals surface area contributed by atoms with Crippen molar-refractivity contribution >= 4 is 34.8 Å². The Morgan fingerprint density at radius 2 is 1.59 bits per heavy atom. The average molecular weight is 521 g/mol. The number of nitrogen functional groups attached to an aromatic ring is 1. The van der Waals surface area contributed by atoms with Crippen LogP contribution in [0, 0.1) is 0 Å². The number of nitrogens with two attached hydrogens (primary N) is 1. The molecule has 0 aliphatic rings. The van der Waals surface area contributed by atoms with Crippen LogP contribution in [0.1, 0.15) is 21.6 Å². The van der Waals surface area contributed by atoms with Crippen LogP contribution in [0.4, 0.5) is 17.3 Å². The molecule has 0 saturated carbocycles. The molecule has 10 nitrogen and oxygen atoms in total. The number of rotatable bonds is 9. The van der Waals surface area contributed by atoms with Crippen molar-refractivity contribution in [1.29, 1.82) is 0 Å². The fourth-order valence-corrected chi connectivity index (χ4v) is 3.90. The van der Waals surface area contributed by atoms with E-state index in [1.165, 1.54) is 23.0 Å². The Bertz CT molecular complexity index is 1460. The fraction of sp³-hybridized carbons (Fsp3) is 0.154. The molecular weight excluding hydrogens is 496 g/mol. The Labute approximate surface area is 218 Å². The number of carbonyl (C=O) groups excluding carboxylic acids is 1. The smallest absolute Gasteiger partial charge is 0.275 e. The largest absolute Gasteiger partial charge is 0.497 e. The summed E-state index contributed by atoms with van der Waals surface area (Å²) < 4.78 is 11.7. The van der Waals surface area contributed by atoms with Gasteiger partial charge >= 0.3 is 0 Å². The van der Waals surface area contributed by atoms with Crippen LogP contribution in [0.15, 0.2) is 71.8 Å². The molecule has 0 radical (unpaired) electrons. The zero-order chi connectivity index (χ0) is 26.4. The van der Waals surface area contributed by atoms with Gasteiger partial charge in [-0.3, -0.25) is 14.2 Å². The highest BCUT2D eigenvalue weighted by atomic mass is 35.5. The number of hydrogen-bond donors (Lipinski definition) is 3. The van der Waals surface area contributed by atoms with E-state index >= 15 is 0 Å². The van der Waals surface area contributed by atoms with Crippen molar-refractivity contribution in [2.75, 3.05) is 25.3 Å². The summed E-state index contributed by atoms with van der Waals surface area (Å²) in [7, 11) is 3.15. The van der Waals surface area contributed by atoms with Crippen molar-refractivity contribution in [3.8, 4) is 11.5 Å². The number of nitrogens with zero attached hydrogens (tertiary/aromatic N) is 3. The first-order chi connectivity index (χ1) is 17.9. The number of amides is 1. The Hall–Kier alpha value is -4.57. The maximum absolute atomic E-state index is 13.6. The summed E-state index contributed by atoms with van der Waals surface area (Å²) in [5, 5.41) is 5.85. The van der Waals surface area contributed by atoms with E-state index in [0.29, 0.717) is 17.3 Å². The number of anilines is 3. The van der Waals surface area contributed by atoms with E-state index < -0.39 is 11.5 Å². The molecule has 2 aromatic heterocycles. The van der Waals surface area contributed by atoms with Gasteiger partial charge in [-0.1, -0.05) is 35.9 Å². The maximum Gasteiger partial charge on any atom is 0.275 e. The molecule has 1 amide bonds. The van der Waals surface area contributed by atoms with Crippen LogP contribution < -0.4 is 31.4 Å². The Morgan fingerprint density at radius 1 is 0.973 bits per heavy atom. The number of aromatic nitrogens is 3. The van der Waals surface area contributed by atoms with Crippen molar-refractivity contribution < 1.29 is 14.3 Å². The average Bonchev–Trinajstić information content (AvgIpc) is 2.91. The van der Waals surface area contributed by atoms with Gasteiger partial charge in [-0.15, -0.1) is 0 Å². The summed E-state index contributed by atoms with van der Waals surface area (Å²) in [5.74, 6) is 1.43. The molecule has 0 fully saturated rings. The highest BCUT2D eigenvalue weighted by Crippen LogP contribution is 2.22. The maximum atomic E-state index is 13.6. The molecule has 4 aromatic rings. The van der Waals surface area contributed by atoms with E-state index in [-0.39, 0.29) is 35.3 Å². The second-order valence-corrected chi connectivity index (χ2v) is 8.38. The molecule has 0 bridgehead atoms. The SMILES string of the molecule is COc1ccc(CNC(=O)c2c(Cl)cc(Nc3cc(N)ncn3)c(=O)n2Cc2ccc(OC)cc2)cc1. The summed E-state index contributed by atoms with van der Waals surface area (Å²) in [4.78, 5) is 34.8. The first kappa shape index (κ1) is 25.5. The van der Waals surface area contributed by atoms with Gasteiger partial charge in [-0.25, -0.2) is 9.97 Å². The second-order valence-electron chi connectivity index (χ2n) is 7.98. The number of pyridine rings is 1. The summed E-state index contributed by atoms with van der Waals surface area (Å²) in [5.41, 5.74) is 7.05. The van der Waals surface area contributed by atoms with E-state index in [1.807, 2.05) is 24.3 Å². The topological polar surface area (TPSA) is 133 Å². The van der Waals surface area contributed by atoms with Gasteiger partial charge in [0.05, 0.1) is 25.8 Å². The van der Waals surface area contributed by atoms with Crippen molar-refractivity contribution in [3.05, 3.63) is 99.2 Å². The van der Waals surface area contributed by atoms with Crippen molar-refractivity contribution in [2.24, 2.45) is 0 Å². The van der Waals surface area contributed by atoms with Crippen LogP contribution in [-0.4, -0.2) is 34.7 Å². The predicted molar refractivity (Wildman–Crippen MR) is 142 cm³/mol. The van der Waals surface area contributed by atoms with Gasteiger partial charge in [0.15, 0.2) is 0 Å². The van der Waals surface area contributed by atoms with Crippen molar-refractivity contribution in [2.45, 2.75) is 13.1 Å². The molecule has 37 heavy (non-hydrogen) atoms. The van der Waals surface area contributed by atoms with Gasteiger partial charge in [0.1, 0.15) is 40.8 Å². The third-order valence-electron chi connectivity index (χ3n) is 5.52. The highest BCUT2D eigenvalue weighted by Gasteiger charge is 2.21. The van der Waals surface area contributed by atoms with E-state index in [2.05, 4.69) is 20.6 Å². The summed E-state index contributed by atoms with van der Waals surface area (Å²) in [6.45, 7) is 0.325. The van der Waals surface area contributed by atoms with Crippen LogP contribution in [0.3, 0.4) is 0 Å². The van der Waals surface area contributed by atoms with Crippen LogP contribution in [-0.2, 0) is 13.1 Å². The quantitative estimate of drug-likeness (QED) is 0.305. The molecule has 4 rings (SSSR count). The monoisotopic (exact) mass is 520 g/mol. The van der Waals surface area contributed by atoms with Crippen LogP contribution in [0.2, 0.25) is 5.02 Å². The zero-order valence-corrected chi connectivity index (χ0v) is 21.0. The van der Waals surface area contributed by atoms with Crippen molar-refractivity contribution in [1.82, 2.24) is 19.9 Å². The van der Waals surface area contributed by atoms with Crippen LogP contribution in [0.5, 0.6) is 11.5 Å².